The fourth-order valence-electron chi connectivity index (χ4n) is 1.71. The van der Waals surface area contributed by atoms with E-state index >= 15 is 0 Å². The van der Waals surface area contributed by atoms with Crippen molar-refractivity contribution in [2.75, 3.05) is 13.2 Å². The quantitative estimate of drug-likeness (QED) is 0.794. The van der Waals surface area contributed by atoms with Crippen molar-refractivity contribution < 1.29 is 23.5 Å². The predicted octanol–water partition coefficient (Wildman–Crippen LogP) is 2.06. The summed E-state index contributed by atoms with van der Waals surface area (Å²) in [5.41, 5.74) is 0.277. The number of hydrogen-bond acceptors (Lipinski definition) is 4. The number of carbonyl (C=O) groups excluding carboxylic acids is 2. The molecule has 0 bridgehead atoms. The molecule has 0 atom stereocenters. The molecule has 2 rings (SSSR count). The largest absolute Gasteiger partial charge is 0.484 e. The summed E-state index contributed by atoms with van der Waals surface area (Å²) in [6.45, 7) is -0.683. The van der Waals surface area contributed by atoms with Gasteiger partial charge in [0.2, 0.25) is 0 Å². The monoisotopic (exact) mass is 317 g/mol. The van der Waals surface area contributed by atoms with Crippen LogP contribution in [-0.4, -0.2) is 25.0 Å². The standard InChI is InChI=1S/C17H16FNO4/c18-15-9-5-4-6-13(15)11-23-17(21)10-19-16(20)12-22-14-7-2-1-3-8-14/h1-9H,10-12H2,(H,19,20). The summed E-state index contributed by atoms with van der Waals surface area (Å²) in [4.78, 5) is 23.1. The second-order valence-electron chi connectivity index (χ2n) is 4.63. The average Bonchev–Trinajstić information content (AvgIpc) is 2.58. The Hall–Kier alpha value is -2.89. The minimum Gasteiger partial charge on any atom is -0.484 e. The molecule has 0 radical (unpaired) electrons. The van der Waals surface area contributed by atoms with E-state index in [1.165, 1.54) is 12.1 Å². The summed E-state index contributed by atoms with van der Waals surface area (Å²) >= 11 is 0. The van der Waals surface area contributed by atoms with Crippen LogP contribution in [0.3, 0.4) is 0 Å². The number of benzene rings is 2. The molecule has 5 nitrogen and oxygen atoms in total. The van der Waals surface area contributed by atoms with Crippen molar-refractivity contribution in [2.24, 2.45) is 0 Å². The fraction of sp³-hybridized carbons (Fsp3) is 0.176. The van der Waals surface area contributed by atoms with Gasteiger partial charge < -0.3 is 14.8 Å². The molecule has 0 saturated carbocycles. The van der Waals surface area contributed by atoms with Crippen LogP contribution in [0.2, 0.25) is 0 Å². The molecular formula is C17H16FNO4. The van der Waals surface area contributed by atoms with Gasteiger partial charge in [0.15, 0.2) is 6.61 Å². The Bertz CT molecular complexity index is 661. The van der Waals surface area contributed by atoms with Crippen molar-refractivity contribution in [1.82, 2.24) is 5.32 Å². The van der Waals surface area contributed by atoms with E-state index in [2.05, 4.69) is 5.32 Å². The zero-order valence-electron chi connectivity index (χ0n) is 12.3. The van der Waals surface area contributed by atoms with Gasteiger partial charge in [-0.15, -0.1) is 0 Å². The van der Waals surface area contributed by atoms with E-state index in [1.54, 1.807) is 36.4 Å². The number of halogens is 1. The van der Waals surface area contributed by atoms with Gasteiger partial charge in [0.25, 0.3) is 5.91 Å². The van der Waals surface area contributed by atoms with Crippen molar-refractivity contribution >= 4 is 11.9 Å². The Balaban J connectivity index is 1.66. The Morgan fingerprint density at radius 2 is 1.70 bits per heavy atom. The lowest BCUT2D eigenvalue weighted by atomic mass is 10.2. The normalized spacial score (nSPS) is 9.96. The van der Waals surface area contributed by atoms with E-state index in [0.717, 1.165) is 0 Å². The average molecular weight is 317 g/mol. The third kappa shape index (κ3) is 5.78. The van der Waals surface area contributed by atoms with Crippen LogP contribution in [-0.2, 0) is 20.9 Å². The maximum absolute atomic E-state index is 13.3. The van der Waals surface area contributed by atoms with E-state index in [-0.39, 0.29) is 25.3 Å². The van der Waals surface area contributed by atoms with Crippen molar-refractivity contribution in [2.45, 2.75) is 6.61 Å². The summed E-state index contributed by atoms with van der Waals surface area (Å²) < 4.78 is 23.5. The highest BCUT2D eigenvalue weighted by atomic mass is 19.1. The van der Waals surface area contributed by atoms with Gasteiger partial charge in [-0.3, -0.25) is 9.59 Å². The summed E-state index contributed by atoms with van der Waals surface area (Å²) in [7, 11) is 0. The first-order valence-electron chi connectivity index (χ1n) is 6.99. The minimum atomic E-state index is -0.652. The molecule has 2 aromatic rings. The first-order valence-corrected chi connectivity index (χ1v) is 6.99. The third-order valence-corrected chi connectivity index (χ3v) is 2.89. The molecule has 0 aliphatic carbocycles. The summed E-state index contributed by atoms with van der Waals surface area (Å²) in [5.74, 6) is -0.983. The Labute approximate surface area is 133 Å². The van der Waals surface area contributed by atoms with Gasteiger partial charge in [-0.2, -0.15) is 0 Å². The fourth-order valence-corrected chi connectivity index (χ4v) is 1.71. The number of esters is 1. The Kier molecular flexibility index (Phi) is 6.11. The van der Waals surface area contributed by atoms with Crippen LogP contribution in [0.4, 0.5) is 4.39 Å². The van der Waals surface area contributed by atoms with Gasteiger partial charge in [0, 0.05) is 5.56 Å². The molecule has 0 aliphatic rings. The number of nitrogens with one attached hydrogen (secondary N) is 1. The zero-order valence-corrected chi connectivity index (χ0v) is 12.3. The van der Waals surface area contributed by atoms with Gasteiger partial charge in [-0.25, -0.2) is 4.39 Å². The van der Waals surface area contributed by atoms with Crippen LogP contribution in [0.15, 0.2) is 54.6 Å². The molecule has 23 heavy (non-hydrogen) atoms. The van der Waals surface area contributed by atoms with Crippen LogP contribution >= 0.6 is 0 Å². The summed E-state index contributed by atoms with van der Waals surface area (Å²) in [6.07, 6.45) is 0. The van der Waals surface area contributed by atoms with E-state index < -0.39 is 17.7 Å². The first kappa shape index (κ1) is 16.5. The maximum atomic E-state index is 13.3. The van der Waals surface area contributed by atoms with E-state index in [1.807, 2.05) is 6.07 Å². The number of para-hydroxylation sites is 1. The second-order valence-corrected chi connectivity index (χ2v) is 4.63. The predicted molar refractivity (Wildman–Crippen MR) is 81.1 cm³/mol. The van der Waals surface area contributed by atoms with Crippen molar-refractivity contribution in [3.05, 3.63) is 66.0 Å². The second kappa shape index (κ2) is 8.53. The number of ether oxygens (including phenoxy) is 2. The van der Waals surface area contributed by atoms with Crippen LogP contribution in [0.5, 0.6) is 5.75 Å². The number of amides is 1. The van der Waals surface area contributed by atoms with Gasteiger partial charge in [-0.05, 0) is 18.2 Å². The molecule has 0 saturated heterocycles. The molecule has 0 spiro atoms. The molecule has 0 unspecified atom stereocenters. The molecule has 120 valence electrons. The van der Waals surface area contributed by atoms with Crippen molar-refractivity contribution in [3.8, 4) is 5.75 Å². The Morgan fingerprint density at radius 3 is 2.43 bits per heavy atom. The lowest BCUT2D eigenvalue weighted by Crippen LogP contribution is -2.34. The highest BCUT2D eigenvalue weighted by Gasteiger charge is 2.09. The smallest absolute Gasteiger partial charge is 0.325 e. The van der Waals surface area contributed by atoms with Gasteiger partial charge in [0.1, 0.15) is 24.7 Å². The first-order chi connectivity index (χ1) is 11.1. The van der Waals surface area contributed by atoms with Crippen LogP contribution in [0, 0.1) is 5.82 Å². The Morgan fingerprint density at radius 1 is 1.00 bits per heavy atom. The molecular weight excluding hydrogens is 301 g/mol. The van der Waals surface area contributed by atoms with Gasteiger partial charge >= 0.3 is 5.97 Å². The number of carbonyl (C=O) groups is 2. The molecule has 0 heterocycles. The SMILES string of the molecule is O=C(COc1ccccc1)NCC(=O)OCc1ccccc1F. The molecule has 1 amide bonds. The number of hydrogen-bond donors (Lipinski definition) is 1. The highest BCUT2D eigenvalue weighted by Crippen LogP contribution is 2.08. The molecule has 1 N–H and O–H groups in total. The van der Waals surface area contributed by atoms with E-state index in [9.17, 15) is 14.0 Å². The molecule has 0 fully saturated rings. The van der Waals surface area contributed by atoms with Gasteiger partial charge in [-0.1, -0.05) is 36.4 Å². The lowest BCUT2D eigenvalue weighted by molar-refractivity contribution is -0.145. The minimum absolute atomic E-state index is 0.179. The highest BCUT2D eigenvalue weighted by molar-refractivity contribution is 5.82. The lowest BCUT2D eigenvalue weighted by Gasteiger charge is -2.08. The molecule has 6 heteroatoms. The summed E-state index contributed by atoms with van der Waals surface area (Å²) in [6, 6.07) is 14.8. The maximum Gasteiger partial charge on any atom is 0.325 e. The van der Waals surface area contributed by atoms with Crippen molar-refractivity contribution in [3.63, 3.8) is 0 Å². The zero-order chi connectivity index (χ0) is 16.5. The van der Waals surface area contributed by atoms with E-state index in [0.29, 0.717) is 5.75 Å². The summed E-state index contributed by atoms with van der Waals surface area (Å²) in [5, 5.41) is 2.37. The molecule has 0 aliphatic heterocycles. The van der Waals surface area contributed by atoms with Crippen molar-refractivity contribution in [1.29, 1.82) is 0 Å². The van der Waals surface area contributed by atoms with Crippen LogP contribution in [0.1, 0.15) is 5.56 Å². The topological polar surface area (TPSA) is 64.6 Å². The van der Waals surface area contributed by atoms with E-state index in [4.69, 9.17) is 9.47 Å². The van der Waals surface area contributed by atoms with Crippen LogP contribution in [0.25, 0.3) is 0 Å². The molecule has 0 aromatic heterocycles. The van der Waals surface area contributed by atoms with Crippen LogP contribution < -0.4 is 10.1 Å². The van der Waals surface area contributed by atoms with Gasteiger partial charge in [0.05, 0.1) is 0 Å². The third-order valence-electron chi connectivity index (χ3n) is 2.89. The number of rotatable bonds is 7. The molecule has 2 aromatic carbocycles.